The second kappa shape index (κ2) is 6.45. The van der Waals surface area contributed by atoms with Crippen LogP contribution in [0.25, 0.3) is 0 Å². The van der Waals surface area contributed by atoms with Crippen molar-refractivity contribution in [3.63, 3.8) is 0 Å². The lowest BCUT2D eigenvalue weighted by Crippen LogP contribution is -2.23. The fraction of sp³-hybridized carbons (Fsp3) is 0.643. The van der Waals surface area contributed by atoms with Crippen LogP contribution in [0, 0.1) is 0 Å². The lowest BCUT2D eigenvalue weighted by Gasteiger charge is -2.26. The van der Waals surface area contributed by atoms with Crippen LogP contribution in [0.4, 0.5) is 0 Å². The SMILES string of the molecule is CCC(=O)c1sccc1C(C)OC1CCCCO1. The summed E-state index contributed by atoms with van der Waals surface area (Å²) in [5.41, 5.74) is 1.00. The molecule has 1 aromatic rings. The van der Waals surface area contributed by atoms with Gasteiger partial charge in [0.2, 0.25) is 0 Å². The third-order valence-corrected chi connectivity index (χ3v) is 4.17. The van der Waals surface area contributed by atoms with Crippen molar-refractivity contribution in [3.05, 3.63) is 21.9 Å². The highest BCUT2D eigenvalue weighted by Crippen LogP contribution is 2.29. The van der Waals surface area contributed by atoms with Gasteiger partial charge in [-0.15, -0.1) is 11.3 Å². The van der Waals surface area contributed by atoms with Crippen LogP contribution >= 0.6 is 11.3 Å². The van der Waals surface area contributed by atoms with E-state index in [9.17, 15) is 4.79 Å². The summed E-state index contributed by atoms with van der Waals surface area (Å²) < 4.78 is 11.5. The first-order valence-corrected chi connectivity index (χ1v) is 7.48. The van der Waals surface area contributed by atoms with Crippen LogP contribution < -0.4 is 0 Å². The molecule has 1 aliphatic heterocycles. The summed E-state index contributed by atoms with van der Waals surface area (Å²) in [4.78, 5) is 12.6. The second-order valence-electron chi connectivity index (χ2n) is 4.56. The standard InChI is InChI=1S/C14H20O3S/c1-3-12(15)14-11(7-9-18-14)10(2)17-13-6-4-5-8-16-13/h7,9-10,13H,3-6,8H2,1-2H3. The first kappa shape index (κ1) is 13.7. The van der Waals surface area contributed by atoms with Crippen molar-refractivity contribution in [2.45, 2.75) is 51.9 Å². The highest BCUT2D eigenvalue weighted by molar-refractivity contribution is 7.12. The molecule has 100 valence electrons. The molecule has 0 saturated carbocycles. The smallest absolute Gasteiger partial charge is 0.172 e. The number of Topliss-reactive ketones (excluding diaryl/α,β-unsaturated/α-hetero) is 1. The Labute approximate surface area is 112 Å². The van der Waals surface area contributed by atoms with Crippen molar-refractivity contribution >= 4 is 17.1 Å². The predicted molar refractivity (Wildman–Crippen MR) is 72.0 cm³/mol. The molecule has 0 aromatic carbocycles. The minimum atomic E-state index is -0.113. The van der Waals surface area contributed by atoms with Gasteiger partial charge in [0.15, 0.2) is 12.1 Å². The zero-order chi connectivity index (χ0) is 13.0. The fourth-order valence-electron chi connectivity index (χ4n) is 2.15. The van der Waals surface area contributed by atoms with Crippen LogP contribution in [0.5, 0.6) is 0 Å². The van der Waals surface area contributed by atoms with Gasteiger partial charge in [-0.3, -0.25) is 4.79 Å². The molecule has 2 heterocycles. The van der Waals surface area contributed by atoms with E-state index in [1.165, 1.54) is 11.3 Å². The van der Waals surface area contributed by atoms with E-state index in [4.69, 9.17) is 9.47 Å². The van der Waals surface area contributed by atoms with E-state index in [1.807, 2.05) is 25.3 Å². The molecule has 0 bridgehead atoms. The van der Waals surface area contributed by atoms with Gasteiger partial charge in [-0.2, -0.15) is 0 Å². The third kappa shape index (κ3) is 3.19. The van der Waals surface area contributed by atoms with Crippen LogP contribution in [0.2, 0.25) is 0 Å². The molecule has 0 N–H and O–H groups in total. The number of carbonyl (C=O) groups excluding carboxylic acids is 1. The molecule has 1 aliphatic rings. The van der Waals surface area contributed by atoms with Crippen molar-refractivity contribution in [1.29, 1.82) is 0 Å². The minimum Gasteiger partial charge on any atom is -0.353 e. The van der Waals surface area contributed by atoms with Crippen LogP contribution in [-0.2, 0) is 9.47 Å². The lowest BCUT2D eigenvalue weighted by molar-refractivity contribution is -0.186. The first-order valence-electron chi connectivity index (χ1n) is 6.60. The van der Waals surface area contributed by atoms with Gasteiger partial charge in [0.1, 0.15) is 0 Å². The summed E-state index contributed by atoms with van der Waals surface area (Å²) in [5, 5.41) is 1.96. The molecule has 2 unspecified atom stereocenters. The van der Waals surface area contributed by atoms with Gasteiger partial charge >= 0.3 is 0 Å². The summed E-state index contributed by atoms with van der Waals surface area (Å²) >= 11 is 1.50. The fourth-order valence-corrected chi connectivity index (χ4v) is 3.14. The normalized spacial score (nSPS) is 21.8. The van der Waals surface area contributed by atoms with E-state index in [2.05, 4.69) is 0 Å². The maximum absolute atomic E-state index is 11.8. The Kier molecular flexibility index (Phi) is 4.92. The van der Waals surface area contributed by atoms with Crippen molar-refractivity contribution < 1.29 is 14.3 Å². The number of ether oxygens (including phenoxy) is 2. The predicted octanol–water partition coefficient (Wildman–Crippen LogP) is 3.95. The summed E-state index contributed by atoms with van der Waals surface area (Å²) in [6, 6.07) is 1.99. The monoisotopic (exact) mass is 268 g/mol. The molecule has 1 fully saturated rings. The average Bonchev–Trinajstić information content (AvgIpc) is 2.88. The number of hydrogen-bond acceptors (Lipinski definition) is 4. The minimum absolute atomic E-state index is 0.0788. The average molecular weight is 268 g/mol. The Balaban J connectivity index is 2.01. The maximum Gasteiger partial charge on any atom is 0.172 e. The molecular weight excluding hydrogens is 248 g/mol. The number of carbonyl (C=O) groups is 1. The van der Waals surface area contributed by atoms with E-state index in [0.717, 1.165) is 36.3 Å². The third-order valence-electron chi connectivity index (χ3n) is 3.20. The highest BCUT2D eigenvalue weighted by atomic mass is 32.1. The van der Waals surface area contributed by atoms with E-state index < -0.39 is 0 Å². The molecule has 0 radical (unpaired) electrons. The summed E-state index contributed by atoms with van der Waals surface area (Å²) in [6.45, 7) is 4.66. The highest BCUT2D eigenvalue weighted by Gasteiger charge is 2.22. The van der Waals surface area contributed by atoms with Crippen molar-refractivity contribution in [2.75, 3.05) is 6.61 Å². The van der Waals surface area contributed by atoms with Crippen LogP contribution in [-0.4, -0.2) is 18.7 Å². The zero-order valence-corrected chi connectivity index (χ0v) is 11.8. The molecule has 4 heteroatoms. The second-order valence-corrected chi connectivity index (χ2v) is 5.47. The van der Waals surface area contributed by atoms with Gasteiger partial charge in [0.05, 0.1) is 11.0 Å². The van der Waals surface area contributed by atoms with Gasteiger partial charge in [-0.25, -0.2) is 0 Å². The summed E-state index contributed by atoms with van der Waals surface area (Å²) in [5.74, 6) is 0.194. The lowest BCUT2D eigenvalue weighted by atomic mass is 10.1. The Morgan fingerprint density at radius 3 is 3.11 bits per heavy atom. The van der Waals surface area contributed by atoms with Gasteiger partial charge < -0.3 is 9.47 Å². The number of ketones is 1. The van der Waals surface area contributed by atoms with Crippen molar-refractivity contribution in [1.82, 2.24) is 0 Å². The van der Waals surface area contributed by atoms with Gasteiger partial charge in [-0.05, 0) is 37.6 Å². The molecule has 1 aromatic heterocycles. The summed E-state index contributed by atoms with van der Waals surface area (Å²) in [6.07, 6.45) is 3.57. The maximum atomic E-state index is 11.8. The van der Waals surface area contributed by atoms with Crippen LogP contribution in [0.3, 0.4) is 0 Å². The first-order chi connectivity index (χ1) is 8.72. The van der Waals surface area contributed by atoms with Crippen LogP contribution in [0.1, 0.15) is 60.9 Å². The molecular formula is C14H20O3S. The van der Waals surface area contributed by atoms with Crippen LogP contribution in [0.15, 0.2) is 11.4 Å². The topological polar surface area (TPSA) is 35.5 Å². The Morgan fingerprint density at radius 1 is 1.61 bits per heavy atom. The Hall–Kier alpha value is -0.710. The number of thiophene rings is 1. The van der Waals surface area contributed by atoms with Gasteiger partial charge in [0, 0.05) is 18.6 Å². The molecule has 1 saturated heterocycles. The molecule has 2 atom stereocenters. The molecule has 2 rings (SSSR count). The van der Waals surface area contributed by atoms with E-state index >= 15 is 0 Å². The molecule has 0 amide bonds. The quantitative estimate of drug-likeness (QED) is 0.759. The van der Waals surface area contributed by atoms with Gasteiger partial charge in [0.25, 0.3) is 0 Å². The Morgan fingerprint density at radius 2 is 2.44 bits per heavy atom. The number of hydrogen-bond donors (Lipinski definition) is 0. The number of rotatable bonds is 5. The molecule has 3 nitrogen and oxygen atoms in total. The summed E-state index contributed by atoms with van der Waals surface area (Å²) in [7, 11) is 0. The molecule has 0 spiro atoms. The molecule has 0 aliphatic carbocycles. The van der Waals surface area contributed by atoms with E-state index in [1.54, 1.807) is 0 Å². The van der Waals surface area contributed by atoms with Gasteiger partial charge in [-0.1, -0.05) is 6.92 Å². The molecule has 18 heavy (non-hydrogen) atoms. The zero-order valence-electron chi connectivity index (χ0n) is 11.0. The van der Waals surface area contributed by atoms with E-state index in [0.29, 0.717) is 6.42 Å². The van der Waals surface area contributed by atoms with E-state index in [-0.39, 0.29) is 18.2 Å². The van der Waals surface area contributed by atoms with Crippen molar-refractivity contribution in [3.8, 4) is 0 Å². The Bertz CT molecular complexity index is 393. The largest absolute Gasteiger partial charge is 0.353 e. The van der Waals surface area contributed by atoms with Crippen molar-refractivity contribution in [2.24, 2.45) is 0 Å².